The Morgan fingerprint density at radius 3 is 3.05 bits per heavy atom. The lowest BCUT2D eigenvalue weighted by molar-refractivity contribution is -0.0752. The molecular weight excluding hydrogens is 276 g/mol. The minimum absolute atomic E-state index is 0.0114. The van der Waals surface area contributed by atoms with Gasteiger partial charge in [0.05, 0.1) is 29.3 Å². The van der Waals surface area contributed by atoms with E-state index in [2.05, 4.69) is 4.98 Å². The lowest BCUT2D eigenvalue weighted by Gasteiger charge is -2.43. The maximum absolute atomic E-state index is 12.7. The summed E-state index contributed by atoms with van der Waals surface area (Å²) >= 11 is 6.20. The van der Waals surface area contributed by atoms with Crippen LogP contribution in [0.15, 0.2) is 12.3 Å². The zero-order valence-electron chi connectivity index (χ0n) is 11.6. The third-order valence-electron chi connectivity index (χ3n) is 4.21. The predicted octanol–water partition coefficient (Wildman–Crippen LogP) is 2.83. The normalized spacial score (nSPS) is 26.2. The molecule has 2 atom stereocenters. The molecule has 0 aromatic carbocycles. The number of hydrogen-bond donors (Lipinski definition) is 0. The van der Waals surface area contributed by atoms with Crippen LogP contribution in [-0.2, 0) is 4.74 Å². The number of morpholine rings is 1. The van der Waals surface area contributed by atoms with Crippen molar-refractivity contribution >= 4 is 17.5 Å². The number of aryl methyl sites for hydroxylation is 1. The Labute approximate surface area is 124 Å². The largest absolute Gasteiger partial charge is 0.374 e. The van der Waals surface area contributed by atoms with Crippen LogP contribution < -0.4 is 0 Å². The quantitative estimate of drug-likeness (QED) is 0.800. The molecule has 1 aliphatic carbocycles. The minimum Gasteiger partial charge on any atom is -0.374 e. The first-order valence-electron chi connectivity index (χ1n) is 7.21. The number of amides is 1. The smallest absolute Gasteiger partial charge is 0.257 e. The van der Waals surface area contributed by atoms with Crippen molar-refractivity contribution in [2.75, 3.05) is 13.2 Å². The van der Waals surface area contributed by atoms with Crippen molar-refractivity contribution in [1.82, 2.24) is 9.88 Å². The van der Waals surface area contributed by atoms with E-state index in [4.69, 9.17) is 16.3 Å². The summed E-state index contributed by atoms with van der Waals surface area (Å²) in [7, 11) is 0. The fourth-order valence-electron chi connectivity index (χ4n) is 3.19. The highest BCUT2D eigenvalue weighted by atomic mass is 35.5. The second-order valence-electron chi connectivity index (χ2n) is 5.57. The van der Waals surface area contributed by atoms with Gasteiger partial charge in [-0.3, -0.25) is 9.78 Å². The summed E-state index contributed by atoms with van der Waals surface area (Å²) < 4.78 is 5.81. The van der Waals surface area contributed by atoms with E-state index in [1.54, 1.807) is 12.3 Å². The Kier molecular flexibility index (Phi) is 3.94. The molecule has 20 heavy (non-hydrogen) atoms. The molecule has 0 bridgehead atoms. The third kappa shape index (κ3) is 2.54. The Bertz CT molecular complexity index is 519. The number of pyridine rings is 1. The zero-order chi connectivity index (χ0) is 14.1. The van der Waals surface area contributed by atoms with Crippen molar-refractivity contribution in [3.05, 3.63) is 28.5 Å². The monoisotopic (exact) mass is 294 g/mol. The summed E-state index contributed by atoms with van der Waals surface area (Å²) in [6.45, 7) is 3.13. The van der Waals surface area contributed by atoms with Crippen molar-refractivity contribution in [2.45, 2.75) is 44.8 Å². The molecule has 1 aromatic rings. The van der Waals surface area contributed by atoms with Crippen molar-refractivity contribution in [3.8, 4) is 0 Å². The van der Waals surface area contributed by atoms with E-state index in [1.165, 1.54) is 6.42 Å². The van der Waals surface area contributed by atoms with Crippen molar-refractivity contribution in [3.63, 3.8) is 0 Å². The lowest BCUT2D eigenvalue weighted by atomic mass is 9.90. The molecule has 2 aliphatic rings. The topological polar surface area (TPSA) is 42.4 Å². The van der Waals surface area contributed by atoms with E-state index < -0.39 is 0 Å². The van der Waals surface area contributed by atoms with Crippen molar-refractivity contribution in [2.24, 2.45) is 0 Å². The molecule has 4 nitrogen and oxygen atoms in total. The van der Waals surface area contributed by atoms with Gasteiger partial charge in [-0.15, -0.1) is 0 Å². The van der Waals surface area contributed by atoms with Crippen LogP contribution in [-0.4, -0.2) is 41.1 Å². The summed E-state index contributed by atoms with van der Waals surface area (Å²) in [5, 5.41) is 0.487. The van der Waals surface area contributed by atoms with Crippen LogP contribution in [0.1, 0.15) is 41.7 Å². The molecule has 3 rings (SSSR count). The van der Waals surface area contributed by atoms with Gasteiger partial charge in [-0.25, -0.2) is 0 Å². The van der Waals surface area contributed by atoms with Gasteiger partial charge in [-0.2, -0.15) is 0 Å². The Balaban J connectivity index is 1.85. The molecule has 108 valence electrons. The summed E-state index contributed by atoms with van der Waals surface area (Å²) in [5.41, 5.74) is 1.33. The number of nitrogens with zero attached hydrogens (tertiary/aromatic N) is 2. The SMILES string of the molecule is Cc1cc(Cl)c(C(=O)N2CCOC3CCCCC32)cn1. The first-order valence-corrected chi connectivity index (χ1v) is 7.59. The molecule has 0 N–H and O–H groups in total. The number of rotatable bonds is 1. The average Bonchev–Trinajstić information content (AvgIpc) is 2.46. The van der Waals surface area contributed by atoms with E-state index in [0.29, 0.717) is 23.7 Å². The molecule has 2 fully saturated rings. The van der Waals surface area contributed by atoms with E-state index in [9.17, 15) is 4.79 Å². The summed E-state index contributed by atoms with van der Waals surface area (Å²) in [4.78, 5) is 18.9. The van der Waals surface area contributed by atoms with Crippen LogP contribution in [0, 0.1) is 6.92 Å². The number of ether oxygens (including phenoxy) is 1. The van der Waals surface area contributed by atoms with E-state index in [-0.39, 0.29) is 18.1 Å². The highest BCUT2D eigenvalue weighted by molar-refractivity contribution is 6.33. The summed E-state index contributed by atoms with van der Waals surface area (Å²) in [5.74, 6) is -0.0114. The van der Waals surface area contributed by atoms with Crippen molar-refractivity contribution in [1.29, 1.82) is 0 Å². The lowest BCUT2D eigenvalue weighted by Crippen LogP contribution is -2.54. The highest BCUT2D eigenvalue weighted by Crippen LogP contribution is 2.30. The number of carbonyl (C=O) groups excluding carboxylic acids is 1. The molecule has 0 spiro atoms. The molecule has 1 aliphatic heterocycles. The Morgan fingerprint density at radius 2 is 2.25 bits per heavy atom. The second-order valence-corrected chi connectivity index (χ2v) is 5.97. The molecule has 1 saturated heterocycles. The fourth-order valence-corrected chi connectivity index (χ4v) is 3.47. The Morgan fingerprint density at radius 1 is 1.45 bits per heavy atom. The van der Waals surface area contributed by atoms with Crippen molar-refractivity contribution < 1.29 is 9.53 Å². The number of fused-ring (bicyclic) bond motifs is 1. The van der Waals surface area contributed by atoms with Crippen LogP contribution in [0.5, 0.6) is 0 Å². The summed E-state index contributed by atoms with van der Waals surface area (Å²) in [6, 6.07) is 1.94. The standard InChI is InChI=1S/C15H19ClN2O2/c1-10-8-12(16)11(9-17-10)15(19)18-6-7-20-14-5-3-2-4-13(14)18/h8-9,13-14H,2-7H2,1H3. The molecule has 0 radical (unpaired) electrons. The number of aromatic nitrogens is 1. The molecule has 1 amide bonds. The predicted molar refractivity (Wildman–Crippen MR) is 77.0 cm³/mol. The first-order chi connectivity index (χ1) is 9.66. The second kappa shape index (κ2) is 5.70. The third-order valence-corrected chi connectivity index (χ3v) is 4.53. The highest BCUT2D eigenvalue weighted by Gasteiger charge is 2.37. The van der Waals surface area contributed by atoms with Gasteiger partial charge in [0, 0.05) is 18.4 Å². The van der Waals surface area contributed by atoms with E-state index in [1.807, 2.05) is 11.8 Å². The van der Waals surface area contributed by atoms with Crippen LogP contribution in [0.2, 0.25) is 5.02 Å². The first kappa shape index (κ1) is 13.8. The van der Waals surface area contributed by atoms with Gasteiger partial charge in [0.15, 0.2) is 0 Å². The van der Waals surface area contributed by atoms with Gasteiger partial charge >= 0.3 is 0 Å². The van der Waals surface area contributed by atoms with Gasteiger partial charge in [0.25, 0.3) is 5.91 Å². The average molecular weight is 295 g/mol. The minimum atomic E-state index is -0.0114. The van der Waals surface area contributed by atoms with E-state index >= 15 is 0 Å². The van der Waals surface area contributed by atoms with Crippen LogP contribution in [0.25, 0.3) is 0 Å². The number of carbonyl (C=O) groups is 1. The van der Waals surface area contributed by atoms with Crippen LogP contribution in [0.3, 0.4) is 0 Å². The van der Waals surface area contributed by atoms with Gasteiger partial charge in [0.1, 0.15) is 0 Å². The molecule has 1 saturated carbocycles. The zero-order valence-corrected chi connectivity index (χ0v) is 12.4. The molecule has 1 aromatic heterocycles. The molecular formula is C15H19ClN2O2. The van der Waals surface area contributed by atoms with Gasteiger partial charge in [0.2, 0.25) is 0 Å². The van der Waals surface area contributed by atoms with Gasteiger partial charge in [-0.05, 0) is 25.8 Å². The number of hydrogen-bond acceptors (Lipinski definition) is 3. The van der Waals surface area contributed by atoms with Crippen LogP contribution >= 0.6 is 11.6 Å². The molecule has 2 heterocycles. The summed E-state index contributed by atoms with van der Waals surface area (Å²) in [6.07, 6.45) is 6.21. The van der Waals surface area contributed by atoms with E-state index in [0.717, 1.165) is 25.0 Å². The van der Waals surface area contributed by atoms with Crippen LogP contribution in [0.4, 0.5) is 0 Å². The Hall–Kier alpha value is -1.13. The maximum atomic E-state index is 12.7. The number of halogens is 1. The van der Waals surface area contributed by atoms with Gasteiger partial charge in [-0.1, -0.05) is 24.4 Å². The van der Waals surface area contributed by atoms with Gasteiger partial charge < -0.3 is 9.64 Å². The fraction of sp³-hybridized carbons (Fsp3) is 0.600. The molecule has 5 heteroatoms. The molecule has 2 unspecified atom stereocenters. The maximum Gasteiger partial charge on any atom is 0.257 e.